The van der Waals surface area contributed by atoms with Gasteiger partial charge >= 0.3 is 6.18 Å². The van der Waals surface area contributed by atoms with Gasteiger partial charge in [-0.15, -0.1) is 21.5 Å². The van der Waals surface area contributed by atoms with Gasteiger partial charge in [0.15, 0.2) is 0 Å². The zero-order chi connectivity index (χ0) is 27.4. The Labute approximate surface area is 233 Å². The Hall–Kier alpha value is -3.29. The van der Waals surface area contributed by atoms with Gasteiger partial charge in [-0.25, -0.2) is 9.97 Å². The highest BCUT2D eigenvalue weighted by atomic mass is 35.5. The summed E-state index contributed by atoms with van der Waals surface area (Å²) in [6, 6.07) is 5.24. The Morgan fingerprint density at radius 2 is 1.87 bits per heavy atom. The van der Waals surface area contributed by atoms with Crippen molar-refractivity contribution in [3.63, 3.8) is 0 Å². The number of anilines is 1. The monoisotopic (exact) mass is 595 g/mol. The molecule has 0 N–H and O–H groups in total. The van der Waals surface area contributed by atoms with Crippen molar-refractivity contribution in [2.45, 2.75) is 18.5 Å². The van der Waals surface area contributed by atoms with E-state index in [2.05, 4.69) is 25.1 Å². The zero-order valence-corrected chi connectivity index (χ0v) is 22.2. The van der Waals surface area contributed by atoms with Crippen LogP contribution in [0.4, 0.5) is 19.1 Å². The fraction of sp³-hybridized carbons (Fsp3) is 0.333. The van der Waals surface area contributed by atoms with Crippen molar-refractivity contribution in [1.82, 2.24) is 30.0 Å². The minimum atomic E-state index is -4.52. The number of thiazole rings is 1. The number of aromatic nitrogens is 5. The van der Waals surface area contributed by atoms with Crippen molar-refractivity contribution >= 4 is 46.4 Å². The van der Waals surface area contributed by atoms with Crippen LogP contribution < -0.4 is 4.90 Å². The molecule has 5 heterocycles. The van der Waals surface area contributed by atoms with Gasteiger partial charge in [0, 0.05) is 44.0 Å². The van der Waals surface area contributed by atoms with Crippen molar-refractivity contribution in [2.75, 3.05) is 31.1 Å². The molecule has 2 fully saturated rings. The highest BCUT2D eigenvalue weighted by Crippen LogP contribution is 2.50. The van der Waals surface area contributed by atoms with Crippen LogP contribution in [0.5, 0.6) is 0 Å². The third kappa shape index (κ3) is 4.94. The Morgan fingerprint density at radius 3 is 2.54 bits per heavy atom. The molecule has 2 aliphatic rings. The number of benzene rings is 1. The SMILES string of the molecule is O=C(c1cncs1)N1CC(c2nnc(Cc3ccc(Cl)c(Cl)c3)o2)C2(C1)CN(c1ncc(C(F)(F)F)cn1)C2. The molecule has 202 valence electrons. The number of likely N-dealkylation sites (tertiary alicyclic amines) is 1. The molecular weight excluding hydrogens is 578 g/mol. The van der Waals surface area contributed by atoms with E-state index in [9.17, 15) is 18.0 Å². The minimum absolute atomic E-state index is 0.154. The second-order valence-electron chi connectivity index (χ2n) is 9.55. The van der Waals surface area contributed by atoms with Crippen LogP contribution in [-0.2, 0) is 12.6 Å². The number of carbonyl (C=O) groups is 1. The van der Waals surface area contributed by atoms with Crippen LogP contribution in [0.15, 0.2) is 46.7 Å². The first-order chi connectivity index (χ1) is 18.6. The predicted octanol–water partition coefficient (Wildman–Crippen LogP) is 4.98. The maximum Gasteiger partial charge on any atom is 0.419 e. The number of nitrogens with zero attached hydrogens (tertiary/aromatic N) is 7. The van der Waals surface area contributed by atoms with E-state index in [1.807, 2.05) is 6.07 Å². The molecule has 0 saturated carbocycles. The molecule has 1 spiro atoms. The van der Waals surface area contributed by atoms with Crippen molar-refractivity contribution in [1.29, 1.82) is 0 Å². The number of rotatable bonds is 5. The maximum absolute atomic E-state index is 13.2. The topological polar surface area (TPSA) is 101 Å². The van der Waals surface area contributed by atoms with Crippen LogP contribution in [0, 0.1) is 5.41 Å². The van der Waals surface area contributed by atoms with Crippen molar-refractivity contribution < 1.29 is 22.4 Å². The number of hydrogen-bond acceptors (Lipinski definition) is 9. The molecule has 15 heteroatoms. The van der Waals surface area contributed by atoms with E-state index in [4.69, 9.17) is 27.6 Å². The van der Waals surface area contributed by atoms with E-state index >= 15 is 0 Å². The smallest absolute Gasteiger partial charge is 0.419 e. The summed E-state index contributed by atoms with van der Waals surface area (Å²) in [5.41, 5.74) is 1.05. The van der Waals surface area contributed by atoms with Gasteiger partial charge in [0.05, 0.1) is 39.7 Å². The second kappa shape index (κ2) is 9.72. The highest BCUT2D eigenvalue weighted by Gasteiger charge is 2.58. The highest BCUT2D eigenvalue weighted by molar-refractivity contribution is 7.11. The summed E-state index contributed by atoms with van der Waals surface area (Å²) in [5.74, 6) is 0.505. The molecule has 0 aliphatic carbocycles. The molecule has 4 aromatic rings. The van der Waals surface area contributed by atoms with E-state index in [1.165, 1.54) is 17.5 Å². The lowest BCUT2D eigenvalue weighted by molar-refractivity contribution is -0.138. The van der Waals surface area contributed by atoms with Crippen LogP contribution in [0.1, 0.15) is 38.5 Å². The van der Waals surface area contributed by atoms with E-state index in [0.29, 0.717) is 59.3 Å². The largest absolute Gasteiger partial charge is 0.425 e. The average molecular weight is 596 g/mol. The summed E-state index contributed by atoms with van der Waals surface area (Å²) in [4.78, 5) is 29.0. The van der Waals surface area contributed by atoms with Gasteiger partial charge in [-0.3, -0.25) is 9.78 Å². The molecule has 9 nitrogen and oxygen atoms in total. The van der Waals surface area contributed by atoms with E-state index in [0.717, 1.165) is 18.0 Å². The second-order valence-corrected chi connectivity index (χ2v) is 11.3. The summed E-state index contributed by atoms with van der Waals surface area (Å²) in [5, 5.41) is 9.38. The van der Waals surface area contributed by atoms with Crippen LogP contribution in [0.2, 0.25) is 10.0 Å². The normalized spacial score (nSPS) is 18.5. The summed E-state index contributed by atoms with van der Waals surface area (Å²) in [7, 11) is 0. The molecule has 0 bridgehead atoms. The molecule has 39 heavy (non-hydrogen) atoms. The average Bonchev–Trinajstić information content (AvgIpc) is 3.64. The van der Waals surface area contributed by atoms with Gasteiger partial charge in [-0.05, 0) is 17.7 Å². The van der Waals surface area contributed by atoms with Gasteiger partial charge in [-0.2, -0.15) is 13.2 Å². The van der Waals surface area contributed by atoms with E-state index < -0.39 is 17.2 Å². The zero-order valence-electron chi connectivity index (χ0n) is 19.9. The summed E-state index contributed by atoms with van der Waals surface area (Å²) < 4.78 is 44.9. The Balaban J connectivity index is 1.24. The lowest BCUT2D eigenvalue weighted by Gasteiger charge is -2.50. The molecule has 1 aromatic carbocycles. The summed E-state index contributed by atoms with van der Waals surface area (Å²) >= 11 is 13.4. The van der Waals surface area contributed by atoms with Gasteiger partial charge < -0.3 is 14.2 Å². The Bertz CT molecular complexity index is 1510. The molecule has 2 saturated heterocycles. The van der Waals surface area contributed by atoms with Gasteiger partial charge in [0.1, 0.15) is 4.88 Å². The van der Waals surface area contributed by atoms with Crippen LogP contribution in [-0.4, -0.2) is 62.1 Å². The van der Waals surface area contributed by atoms with Gasteiger partial charge in [-0.1, -0.05) is 29.3 Å². The first-order valence-electron chi connectivity index (χ1n) is 11.7. The Morgan fingerprint density at radius 1 is 1.10 bits per heavy atom. The standard InChI is InChI=1S/C24H18Cl2F3N7O2S/c25-16-2-1-13(3-17(16)26)4-19-33-34-20(38-19)15-8-35(21(37)18-7-30-12-39-18)9-23(15)10-36(11-23)22-31-5-14(6-32-22)24(27,28)29/h1-3,5-7,12,15H,4,8-11H2. The molecule has 0 radical (unpaired) electrons. The number of amides is 1. The third-order valence-electron chi connectivity index (χ3n) is 6.96. The van der Waals surface area contributed by atoms with Crippen LogP contribution >= 0.6 is 34.5 Å². The molecule has 2 aliphatic heterocycles. The lowest BCUT2D eigenvalue weighted by Crippen LogP contribution is -2.60. The summed E-state index contributed by atoms with van der Waals surface area (Å²) in [6.45, 7) is 1.54. The predicted molar refractivity (Wildman–Crippen MR) is 136 cm³/mol. The van der Waals surface area contributed by atoms with Crippen LogP contribution in [0.25, 0.3) is 0 Å². The molecule has 1 unspecified atom stereocenters. The van der Waals surface area contributed by atoms with E-state index in [1.54, 1.807) is 27.4 Å². The quantitative estimate of drug-likeness (QED) is 0.318. The minimum Gasteiger partial charge on any atom is -0.425 e. The molecule has 6 rings (SSSR count). The van der Waals surface area contributed by atoms with E-state index in [-0.39, 0.29) is 17.8 Å². The molecule has 3 aromatic heterocycles. The van der Waals surface area contributed by atoms with Crippen LogP contribution in [0.3, 0.4) is 0 Å². The fourth-order valence-electron chi connectivity index (χ4n) is 5.05. The first-order valence-corrected chi connectivity index (χ1v) is 13.3. The number of halogens is 5. The van der Waals surface area contributed by atoms with Crippen molar-refractivity contribution in [3.05, 3.63) is 80.1 Å². The summed E-state index contributed by atoms with van der Waals surface area (Å²) in [6.07, 6.45) is -1.11. The van der Waals surface area contributed by atoms with Gasteiger partial charge in [0.25, 0.3) is 5.91 Å². The molecule has 1 amide bonds. The first kappa shape index (κ1) is 26.0. The Kier molecular flexibility index (Phi) is 6.47. The molecular formula is C24H18Cl2F3N7O2S. The number of alkyl halides is 3. The third-order valence-corrected chi connectivity index (χ3v) is 8.46. The number of hydrogen-bond donors (Lipinski definition) is 0. The van der Waals surface area contributed by atoms with Crippen molar-refractivity contribution in [2.24, 2.45) is 5.41 Å². The molecule has 1 atom stereocenters. The lowest BCUT2D eigenvalue weighted by atomic mass is 9.71. The maximum atomic E-state index is 13.2. The number of carbonyl (C=O) groups excluding carboxylic acids is 1. The van der Waals surface area contributed by atoms with Gasteiger partial charge in [0.2, 0.25) is 17.7 Å². The van der Waals surface area contributed by atoms with Crippen molar-refractivity contribution in [3.8, 4) is 0 Å². The fourth-order valence-corrected chi connectivity index (χ4v) is 5.96.